The Morgan fingerprint density at radius 1 is 1.43 bits per heavy atom. The van der Waals surface area contributed by atoms with E-state index in [0.717, 1.165) is 16.8 Å². The molecule has 2 aromatic heterocycles. The zero-order chi connectivity index (χ0) is 16.0. The fraction of sp³-hybridized carbons (Fsp3) is 0.125. The zero-order valence-electron chi connectivity index (χ0n) is 9.66. The van der Waals surface area contributed by atoms with E-state index in [9.17, 15) is 31.5 Å². The van der Waals surface area contributed by atoms with Gasteiger partial charge >= 0.3 is 15.6 Å². The minimum absolute atomic E-state index is 0.502. The number of hydrogen-bond donors (Lipinski definition) is 1. The molecule has 0 fully saturated rings. The molecule has 114 valence electrons. The number of carboxylic acid groups (broad SMARTS) is 1. The Kier molecular flexibility index (Phi) is 3.16. The Morgan fingerprint density at radius 2 is 2.05 bits per heavy atom. The molecule has 0 atom stereocenters. The first-order chi connectivity index (χ1) is 9.53. The molecule has 2 aromatic rings. The van der Waals surface area contributed by atoms with Crippen molar-refractivity contribution in [3.63, 3.8) is 0 Å². The summed E-state index contributed by atoms with van der Waals surface area (Å²) in [6.07, 6.45) is 0.923. The van der Waals surface area contributed by atoms with Crippen LogP contribution in [0.1, 0.15) is 10.4 Å². The van der Waals surface area contributed by atoms with Gasteiger partial charge in [-0.05, 0) is 0 Å². The minimum Gasteiger partial charge on any atom is -0.545 e. The number of alkyl halides is 3. The number of nitrogens with two attached hydrogens (primary N) is 1. The Bertz CT molecular complexity index is 828. The van der Waals surface area contributed by atoms with Gasteiger partial charge in [0.25, 0.3) is 0 Å². The molecule has 0 amide bonds. The number of aromatic carboxylic acids is 1. The molecule has 9 nitrogen and oxygen atoms in total. The van der Waals surface area contributed by atoms with Crippen LogP contribution in [0.2, 0.25) is 0 Å². The first-order valence-electron chi connectivity index (χ1n) is 4.90. The molecule has 0 aliphatic carbocycles. The third kappa shape index (κ3) is 2.54. The van der Waals surface area contributed by atoms with Gasteiger partial charge in [-0.15, -0.1) is 5.10 Å². The minimum atomic E-state index is -5.93. The van der Waals surface area contributed by atoms with Crippen LogP contribution in [-0.2, 0) is 10.1 Å². The van der Waals surface area contributed by atoms with Gasteiger partial charge in [-0.1, -0.05) is 0 Å². The Hall–Kier alpha value is -2.57. The number of nitrogen functional groups attached to an aromatic ring is 1. The highest BCUT2D eigenvalue weighted by atomic mass is 32.2. The smallest absolute Gasteiger partial charge is 0.534 e. The van der Waals surface area contributed by atoms with Crippen molar-refractivity contribution in [2.45, 2.75) is 5.51 Å². The molecule has 2 rings (SSSR count). The van der Waals surface area contributed by atoms with E-state index in [1.165, 1.54) is 0 Å². The summed E-state index contributed by atoms with van der Waals surface area (Å²) in [7, 11) is -5.93. The number of carbonyl (C=O) groups excluding carboxylic acids is 1. The summed E-state index contributed by atoms with van der Waals surface area (Å²) in [4.78, 5) is 14.1. The number of nitrogens with zero attached hydrogens (tertiary/aromatic N) is 3. The van der Waals surface area contributed by atoms with Crippen LogP contribution in [0.5, 0.6) is 5.88 Å². The highest BCUT2D eigenvalue weighted by molar-refractivity contribution is 7.87. The van der Waals surface area contributed by atoms with E-state index in [1.54, 1.807) is 0 Å². The third-order valence-corrected chi connectivity index (χ3v) is 3.13. The molecule has 0 unspecified atom stereocenters. The summed E-state index contributed by atoms with van der Waals surface area (Å²) in [6, 6.07) is 0.738. The van der Waals surface area contributed by atoms with Crippen LogP contribution in [0.4, 0.5) is 19.0 Å². The second-order valence-electron chi connectivity index (χ2n) is 3.56. The summed E-state index contributed by atoms with van der Waals surface area (Å²) in [5, 5.41) is 14.3. The molecule has 0 saturated heterocycles. The van der Waals surface area contributed by atoms with Crippen molar-refractivity contribution in [1.29, 1.82) is 0 Å². The van der Waals surface area contributed by atoms with Gasteiger partial charge in [0.1, 0.15) is 0 Å². The molecular weight excluding hydrogens is 321 g/mol. The van der Waals surface area contributed by atoms with Crippen LogP contribution in [0.25, 0.3) is 5.65 Å². The van der Waals surface area contributed by atoms with Crippen molar-refractivity contribution < 1.29 is 35.7 Å². The van der Waals surface area contributed by atoms with E-state index < -0.39 is 44.5 Å². The standard InChI is InChI=1S/C8H5F3N4O5S/c9-8(10,11)21(18,19)20-3-1-2-15-6(13-3)4(7(16)17)5(12)14-15/h1-2H,(H2,12,14)(H,16,17)/p-1. The van der Waals surface area contributed by atoms with E-state index in [-0.39, 0.29) is 0 Å². The van der Waals surface area contributed by atoms with Crippen LogP contribution >= 0.6 is 0 Å². The fourth-order valence-corrected chi connectivity index (χ4v) is 1.74. The molecule has 0 aliphatic heterocycles. The number of rotatable bonds is 3. The molecule has 0 aromatic carbocycles. The van der Waals surface area contributed by atoms with Crippen LogP contribution < -0.4 is 15.0 Å². The van der Waals surface area contributed by atoms with E-state index >= 15 is 0 Å². The SMILES string of the molecule is Nc1nn2ccc(OS(=O)(=O)C(F)(F)F)nc2c1C(=O)[O-]. The number of halogens is 3. The number of carbonyl (C=O) groups is 1. The molecule has 2 N–H and O–H groups in total. The Morgan fingerprint density at radius 3 is 2.57 bits per heavy atom. The monoisotopic (exact) mass is 325 g/mol. The van der Waals surface area contributed by atoms with Crippen LogP contribution in [0.15, 0.2) is 12.3 Å². The number of hydrogen-bond acceptors (Lipinski definition) is 8. The number of aromatic nitrogens is 3. The Balaban J connectivity index is 2.54. The molecule has 0 saturated carbocycles. The van der Waals surface area contributed by atoms with E-state index in [0.29, 0.717) is 0 Å². The highest BCUT2D eigenvalue weighted by Crippen LogP contribution is 2.26. The molecular formula is C8H4F3N4O5S-. The molecule has 2 heterocycles. The lowest BCUT2D eigenvalue weighted by Crippen LogP contribution is -2.28. The van der Waals surface area contributed by atoms with E-state index in [4.69, 9.17) is 5.73 Å². The van der Waals surface area contributed by atoms with Gasteiger partial charge in [-0.3, -0.25) is 0 Å². The fourth-order valence-electron chi connectivity index (χ4n) is 1.33. The zero-order valence-corrected chi connectivity index (χ0v) is 10.5. The van der Waals surface area contributed by atoms with Gasteiger partial charge in [0, 0.05) is 12.3 Å². The normalized spacial score (nSPS) is 12.5. The second kappa shape index (κ2) is 4.47. The quantitative estimate of drug-likeness (QED) is 0.554. The largest absolute Gasteiger partial charge is 0.545 e. The Labute approximate surface area is 113 Å². The van der Waals surface area contributed by atoms with Crippen molar-refractivity contribution in [3.8, 4) is 5.88 Å². The van der Waals surface area contributed by atoms with Gasteiger partial charge in [0.2, 0.25) is 5.88 Å². The second-order valence-corrected chi connectivity index (χ2v) is 5.10. The summed E-state index contributed by atoms with van der Waals surface area (Å²) >= 11 is 0. The lowest BCUT2D eigenvalue weighted by Gasteiger charge is -2.08. The maximum absolute atomic E-state index is 12.2. The van der Waals surface area contributed by atoms with Gasteiger partial charge in [0.15, 0.2) is 11.5 Å². The van der Waals surface area contributed by atoms with E-state index in [1.807, 2.05) is 0 Å². The van der Waals surface area contributed by atoms with Gasteiger partial charge in [-0.2, -0.15) is 26.6 Å². The predicted octanol–water partition coefficient (Wildman–Crippen LogP) is -1.10. The van der Waals surface area contributed by atoms with Crippen molar-refractivity contribution in [1.82, 2.24) is 14.6 Å². The lowest BCUT2D eigenvalue weighted by molar-refractivity contribution is -0.254. The predicted molar refractivity (Wildman–Crippen MR) is 57.3 cm³/mol. The summed E-state index contributed by atoms with van der Waals surface area (Å²) in [5.74, 6) is -3.29. The summed E-state index contributed by atoms with van der Waals surface area (Å²) < 4.78 is 62.7. The number of fused-ring (bicyclic) bond motifs is 1. The molecule has 0 bridgehead atoms. The first-order valence-corrected chi connectivity index (χ1v) is 6.31. The molecule has 0 radical (unpaired) electrons. The summed E-state index contributed by atoms with van der Waals surface area (Å²) in [5.41, 5.74) is -1.62. The van der Waals surface area contributed by atoms with Crippen molar-refractivity contribution >= 4 is 27.6 Å². The third-order valence-electron chi connectivity index (χ3n) is 2.17. The van der Waals surface area contributed by atoms with Crippen LogP contribution in [-0.4, -0.2) is 34.5 Å². The first kappa shape index (κ1) is 14.8. The average Bonchev–Trinajstić information content (AvgIpc) is 2.62. The average molecular weight is 325 g/mol. The maximum Gasteiger partial charge on any atom is 0.534 e. The van der Waals surface area contributed by atoms with Crippen molar-refractivity contribution in [2.24, 2.45) is 0 Å². The maximum atomic E-state index is 12.2. The topological polar surface area (TPSA) is 140 Å². The molecule has 13 heteroatoms. The number of carboxylic acids is 1. The number of anilines is 1. The van der Waals surface area contributed by atoms with E-state index in [2.05, 4.69) is 14.3 Å². The van der Waals surface area contributed by atoms with Crippen molar-refractivity contribution in [2.75, 3.05) is 5.73 Å². The van der Waals surface area contributed by atoms with Crippen LogP contribution in [0.3, 0.4) is 0 Å². The van der Waals surface area contributed by atoms with Gasteiger partial charge in [0.05, 0.1) is 11.5 Å². The van der Waals surface area contributed by atoms with Crippen molar-refractivity contribution in [3.05, 3.63) is 17.8 Å². The van der Waals surface area contributed by atoms with Gasteiger partial charge < -0.3 is 19.8 Å². The van der Waals surface area contributed by atoms with Crippen LogP contribution in [0, 0.1) is 0 Å². The van der Waals surface area contributed by atoms with Gasteiger partial charge in [-0.25, -0.2) is 4.52 Å². The molecule has 0 spiro atoms. The summed E-state index contributed by atoms with van der Waals surface area (Å²) in [6.45, 7) is 0. The lowest BCUT2D eigenvalue weighted by atomic mass is 10.3. The molecule has 0 aliphatic rings. The highest BCUT2D eigenvalue weighted by Gasteiger charge is 2.48. The molecule has 21 heavy (non-hydrogen) atoms.